The molecule has 0 fully saturated rings. The number of pyridine rings is 1. The Morgan fingerprint density at radius 1 is 1.37 bits per heavy atom. The molecule has 19 heavy (non-hydrogen) atoms. The molecule has 98 valence electrons. The van der Waals surface area contributed by atoms with Gasteiger partial charge in [0.05, 0.1) is 5.69 Å². The Morgan fingerprint density at radius 3 is 2.89 bits per heavy atom. The number of nitrogens with zero attached hydrogens (tertiary/aromatic N) is 2. The van der Waals surface area contributed by atoms with Crippen LogP contribution in [0.15, 0.2) is 29.8 Å². The molecule has 6 nitrogen and oxygen atoms in total. The summed E-state index contributed by atoms with van der Waals surface area (Å²) in [6, 6.07) is 5.51. The highest BCUT2D eigenvalue weighted by Crippen LogP contribution is 2.22. The first kappa shape index (κ1) is 13.2. The molecule has 0 saturated carbocycles. The minimum atomic E-state index is -0.497. The molecule has 0 aromatic carbocycles. The van der Waals surface area contributed by atoms with Crippen molar-refractivity contribution in [3.8, 4) is 11.4 Å². The van der Waals surface area contributed by atoms with Crippen molar-refractivity contribution < 1.29 is 14.3 Å². The van der Waals surface area contributed by atoms with Crippen LogP contribution in [0.4, 0.5) is 5.13 Å². The third kappa shape index (κ3) is 3.85. The van der Waals surface area contributed by atoms with E-state index in [-0.39, 0.29) is 6.61 Å². The molecule has 0 spiro atoms. The molecule has 0 aliphatic rings. The van der Waals surface area contributed by atoms with E-state index >= 15 is 0 Å². The first-order chi connectivity index (χ1) is 9.15. The van der Waals surface area contributed by atoms with Gasteiger partial charge in [-0.25, -0.2) is 4.98 Å². The lowest BCUT2D eigenvalue weighted by atomic mass is 10.3. The van der Waals surface area contributed by atoms with Crippen LogP contribution in [0.1, 0.15) is 6.92 Å². The summed E-state index contributed by atoms with van der Waals surface area (Å²) in [5, 5.41) is 4.79. The monoisotopic (exact) mass is 277 g/mol. The maximum absolute atomic E-state index is 11.4. The highest BCUT2D eigenvalue weighted by molar-refractivity contribution is 7.14. The van der Waals surface area contributed by atoms with Crippen molar-refractivity contribution in [1.29, 1.82) is 0 Å². The number of aromatic nitrogens is 2. The van der Waals surface area contributed by atoms with Crippen LogP contribution in [0.5, 0.6) is 0 Å². The van der Waals surface area contributed by atoms with Crippen LogP contribution in [0.3, 0.4) is 0 Å². The lowest BCUT2D eigenvalue weighted by molar-refractivity contribution is -0.144. The van der Waals surface area contributed by atoms with E-state index in [1.54, 1.807) is 11.6 Å². The van der Waals surface area contributed by atoms with Gasteiger partial charge in [0.2, 0.25) is 0 Å². The van der Waals surface area contributed by atoms with Gasteiger partial charge in [0.15, 0.2) is 11.7 Å². The van der Waals surface area contributed by atoms with E-state index in [0.29, 0.717) is 10.8 Å². The Kier molecular flexibility index (Phi) is 4.19. The second kappa shape index (κ2) is 6.05. The fourth-order valence-corrected chi connectivity index (χ4v) is 2.01. The lowest BCUT2D eigenvalue weighted by Gasteiger charge is -2.01. The second-order valence-corrected chi connectivity index (χ2v) is 4.44. The Morgan fingerprint density at radius 2 is 2.21 bits per heavy atom. The van der Waals surface area contributed by atoms with E-state index in [2.05, 4.69) is 20.0 Å². The van der Waals surface area contributed by atoms with Gasteiger partial charge in [-0.3, -0.25) is 19.9 Å². The molecule has 2 rings (SSSR count). The quantitative estimate of drug-likeness (QED) is 0.860. The Labute approximate surface area is 113 Å². The van der Waals surface area contributed by atoms with Crippen LogP contribution in [-0.2, 0) is 14.3 Å². The molecule has 0 unspecified atom stereocenters. The van der Waals surface area contributed by atoms with E-state index in [1.807, 2.05) is 18.2 Å². The predicted molar refractivity (Wildman–Crippen MR) is 70.6 cm³/mol. The SMILES string of the molecule is CC(=O)OCC(=O)Nc1nc(-c2ccccn2)cs1. The number of amides is 1. The van der Waals surface area contributed by atoms with Gasteiger partial charge in [-0.2, -0.15) is 0 Å². The number of carbonyl (C=O) groups excluding carboxylic acids is 2. The van der Waals surface area contributed by atoms with Gasteiger partial charge in [-0.1, -0.05) is 6.07 Å². The zero-order chi connectivity index (χ0) is 13.7. The van der Waals surface area contributed by atoms with E-state index in [0.717, 1.165) is 5.69 Å². The number of nitrogens with one attached hydrogen (secondary N) is 1. The molecule has 0 aliphatic carbocycles. The summed E-state index contributed by atoms with van der Waals surface area (Å²) >= 11 is 1.28. The number of rotatable bonds is 4. The zero-order valence-electron chi connectivity index (χ0n) is 10.1. The number of anilines is 1. The number of hydrogen-bond donors (Lipinski definition) is 1. The first-order valence-electron chi connectivity index (χ1n) is 5.45. The van der Waals surface area contributed by atoms with Crippen LogP contribution in [0.2, 0.25) is 0 Å². The van der Waals surface area contributed by atoms with Crippen LogP contribution >= 0.6 is 11.3 Å². The number of esters is 1. The smallest absolute Gasteiger partial charge is 0.303 e. The molecular formula is C12H11N3O3S. The normalized spacial score (nSPS) is 9.95. The highest BCUT2D eigenvalue weighted by Gasteiger charge is 2.09. The second-order valence-electron chi connectivity index (χ2n) is 3.58. The summed E-state index contributed by atoms with van der Waals surface area (Å²) in [6.07, 6.45) is 1.67. The average molecular weight is 277 g/mol. The molecule has 0 saturated heterocycles. The van der Waals surface area contributed by atoms with Gasteiger partial charge in [-0.05, 0) is 12.1 Å². The largest absolute Gasteiger partial charge is 0.456 e. The van der Waals surface area contributed by atoms with Gasteiger partial charge in [0.25, 0.3) is 5.91 Å². The van der Waals surface area contributed by atoms with Crippen LogP contribution in [-0.4, -0.2) is 28.5 Å². The van der Waals surface area contributed by atoms with E-state index in [9.17, 15) is 9.59 Å². The molecular weight excluding hydrogens is 266 g/mol. The number of carbonyl (C=O) groups is 2. The number of ether oxygens (including phenoxy) is 1. The molecule has 0 atom stereocenters. The van der Waals surface area contributed by atoms with Gasteiger partial charge in [0.1, 0.15) is 5.69 Å². The average Bonchev–Trinajstić information content (AvgIpc) is 2.86. The minimum absolute atomic E-state index is 0.312. The van der Waals surface area contributed by atoms with E-state index in [4.69, 9.17) is 0 Å². The van der Waals surface area contributed by atoms with Gasteiger partial charge in [-0.15, -0.1) is 11.3 Å². The van der Waals surface area contributed by atoms with Crippen molar-refractivity contribution in [2.45, 2.75) is 6.92 Å². The molecule has 0 bridgehead atoms. The topological polar surface area (TPSA) is 81.2 Å². The summed E-state index contributed by atoms with van der Waals surface area (Å²) in [4.78, 5) is 30.4. The number of hydrogen-bond acceptors (Lipinski definition) is 6. The van der Waals surface area contributed by atoms with Gasteiger partial charge in [0, 0.05) is 18.5 Å². The molecule has 2 heterocycles. The number of thiazole rings is 1. The third-order valence-electron chi connectivity index (χ3n) is 2.08. The Balaban J connectivity index is 1.98. The Bertz CT molecular complexity index is 583. The molecule has 2 aromatic rings. The Hall–Kier alpha value is -2.28. The fraction of sp³-hybridized carbons (Fsp3) is 0.167. The van der Waals surface area contributed by atoms with Crippen molar-refractivity contribution in [3.63, 3.8) is 0 Å². The van der Waals surface area contributed by atoms with Gasteiger partial charge < -0.3 is 4.74 Å². The van der Waals surface area contributed by atoms with Crippen molar-refractivity contribution in [3.05, 3.63) is 29.8 Å². The van der Waals surface area contributed by atoms with Gasteiger partial charge >= 0.3 is 5.97 Å². The minimum Gasteiger partial charge on any atom is -0.456 e. The summed E-state index contributed by atoms with van der Waals surface area (Å²) in [5.74, 6) is -0.916. The molecule has 7 heteroatoms. The maximum atomic E-state index is 11.4. The van der Waals surface area contributed by atoms with Crippen molar-refractivity contribution >= 4 is 28.3 Å². The maximum Gasteiger partial charge on any atom is 0.303 e. The summed E-state index contributed by atoms with van der Waals surface area (Å²) in [5.41, 5.74) is 1.42. The first-order valence-corrected chi connectivity index (χ1v) is 6.33. The summed E-state index contributed by atoms with van der Waals surface area (Å²) in [6.45, 7) is 0.934. The van der Waals surface area contributed by atoms with Crippen molar-refractivity contribution in [2.75, 3.05) is 11.9 Å². The third-order valence-corrected chi connectivity index (χ3v) is 2.84. The zero-order valence-corrected chi connectivity index (χ0v) is 10.9. The van der Waals surface area contributed by atoms with E-state index in [1.165, 1.54) is 18.3 Å². The standard InChI is InChI=1S/C12H11N3O3S/c1-8(16)18-6-11(17)15-12-14-10(7-19-12)9-4-2-3-5-13-9/h2-5,7H,6H2,1H3,(H,14,15,17). The van der Waals surface area contributed by atoms with E-state index < -0.39 is 11.9 Å². The van der Waals surface area contributed by atoms with Crippen LogP contribution in [0, 0.1) is 0 Å². The van der Waals surface area contributed by atoms with Crippen LogP contribution in [0.25, 0.3) is 11.4 Å². The fourth-order valence-electron chi connectivity index (χ4n) is 1.29. The van der Waals surface area contributed by atoms with Crippen molar-refractivity contribution in [1.82, 2.24) is 9.97 Å². The van der Waals surface area contributed by atoms with Crippen molar-refractivity contribution in [2.24, 2.45) is 0 Å². The summed E-state index contributed by atoms with van der Waals surface area (Å²) in [7, 11) is 0. The highest BCUT2D eigenvalue weighted by atomic mass is 32.1. The molecule has 1 N–H and O–H groups in total. The molecule has 1 amide bonds. The molecule has 0 radical (unpaired) electrons. The predicted octanol–water partition coefficient (Wildman–Crippen LogP) is 1.71. The molecule has 2 aromatic heterocycles. The summed E-state index contributed by atoms with van der Waals surface area (Å²) < 4.78 is 4.58. The molecule has 0 aliphatic heterocycles. The van der Waals surface area contributed by atoms with Crippen LogP contribution < -0.4 is 5.32 Å². The lowest BCUT2D eigenvalue weighted by Crippen LogP contribution is -2.19.